The Bertz CT molecular complexity index is 881. The Kier molecular flexibility index (Phi) is 13.0. The van der Waals surface area contributed by atoms with E-state index in [0.717, 1.165) is 43.4 Å². The van der Waals surface area contributed by atoms with E-state index in [4.69, 9.17) is 15.2 Å². The zero-order chi connectivity index (χ0) is 24.2. The molecule has 2 aromatic carbocycles. The maximum Gasteiger partial charge on any atom is 0.257 e. The van der Waals surface area contributed by atoms with Gasteiger partial charge in [-0.15, -0.1) is 12.4 Å². The minimum absolute atomic E-state index is 0. The first-order valence-electron chi connectivity index (χ1n) is 12.7. The van der Waals surface area contributed by atoms with Crippen LogP contribution in [0, 0.1) is 5.92 Å². The van der Waals surface area contributed by atoms with Crippen LogP contribution in [-0.2, 0) is 11.2 Å². The van der Waals surface area contributed by atoms with Gasteiger partial charge in [0.05, 0.1) is 6.10 Å². The van der Waals surface area contributed by atoms with Gasteiger partial charge in [0, 0.05) is 12.6 Å². The number of carbonyl (C=O) groups excluding carboxylic acids is 1. The Hall–Kier alpha value is -2.28. The second-order valence-corrected chi connectivity index (χ2v) is 9.25. The summed E-state index contributed by atoms with van der Waals surface area (Å²) < 4.78 is 11.5. The summed E-state index contributed by atoms with van der Waals surface area (Å²) in [4.78, 5) is 12.1. The van der Waals surface area contributed by atoms with Gasteiger partial charge in [0.1, 0.15) is 18.1 Å². The third kappa shape index (κ3) is 9.71. The topological polar surface area (TPSA) is 93.8 Å². The highest BCUT2D eigenvalue weighted by Gasteiger charge is 2.27. The van der Waals surface area contributed by atoms with Crippen LogP contribution in [0.15, 0.2) is 48.5 Å². The second-order valence-electron chi connectivity index (χ2n) is 9.25. The van der Waals surface area contributed by atoms with Crippen molar-refractivity contribution in [2.24, 2.45) is 11.7 Å². The van der Waals surface area contributed by atoms with Crippen LogP contribution < -0.4 is 20.5 Å². The molecule has 0 heterocycles. The number of aliphatic hydroxyl groups excluding tert-OH is 1. The summed E-state index contributed by atoms with van der Waals surface area (Å²) in [5.41, 5.74) is 8.96. The monoisotopic (exact) mass is 504 g/mol. The third-order valence-electron chi connectivity index (χ3n) is 6.49. The molecule has 3 rings (SSSR count). The fourth-order valence-electron chi connectivity index (χ4n) is 4.56. The van der Waals surface area contributed by atoms with Gasteiger partial charge in [0.2, 0.25) is 0 Å². The standard InChI is InChI=1S/C28H40N2O4.ClH/c1-2-3-4-8-16-30-27(32)20-34-25-15-14-21-10-9-11-22(28(29)26(21)18-25)17-23(31)19-33-24-12-6-5-7-13-24;/h5-7,12-15,18,22-23,28,31H,2-4,8-11,16-17,19-20,29H2,1H3,(H,30,32);1H/t22?,23-,28?;/m0./s1. The molecule has 0 fully saturated rings. The van der Waals surface area contributed by atoms with Crippen LogP contribution in [0.4, 0.5) is 0 Å². The molecule has 7 heteroatoms. The number of aryl methyl sites for hydroxylation is 1. The van der Waals surface area contributed by atoms with E-state index < -0.39 is 6.10 Å². The number of amides is 1. The Balaban J connectivity index is 0.00000432. The molecule has 35 heavy (non-hydrogen) atoms. The van der Waals surface area contributed by atoms with E-state index in [-0.39, 0.29) is 43.5 Å². The summed E-state index contributed by atoms with van der Waals surface area (Å²) in [6.07, 6.45) is 7.43. The zero-order valence-electron chi connectivity index (χ0n) is 20.8. The average molecular weight is 505 g/mol. The lowest BCUT2D eigenvalue weighted by atomic mass is 9.87. The molecule has 4 N–H and O–H groups in total. The molecule has 2 unspecified atom stereocenters. The zero-order valence-corrected chi connectivity index (χ0v) is 21.6. The lowest BCUT2D eigenvalue weighted by Crippen LogP contribution is -2.30. The van der Waals surface area contributed by atoms with Crippen molar-refractivity contribution in [3.05, 3.63) is 59.7 Å². The number of hydrogen-bond donors (Lipinski definition) is 3. The summed E-state index contributed by atoms with van der Waals surface area (Å²) in [6, 6.07) is 15.3. The molecule has 2 aromatic rings. The Morgan fingerprint density at radius 1 is 1.11 bits per heavy atom. The molecule has 0 bridgehead atoms. The summed E-state index contributed by atoms with van der Waals surface area (Å²) in [7, 11) is 0. The fraction of sp³-hybridized carbons (Fsp3) is 0.536. The van der Waals surface area contributed by atoms with Gasteiger partial charge in [-0.25, -0.2) is 0 Å². The van der Waals surface area contributed by atoms with Crippen molar-refractivity contribution in [1.82, 2.24) is 5.32 Å². The molecule has 0 saturated carbocycles. The fourth-order valence-corrected chi connectivity index (χ4v) is 4.56. The van der Waals surface area contributed by atoms with E-state index >= 15 is 0 Å². The van der Waals surface area contributed by atoms with Gasteiger partial charge in [-0.3, -0.25) is 4.79 Å². The number of fused-ring (bicyclic) bond motifs is 1. The maximum atomic E-state index is 12.1. The molecule has 0 spiro atoms. The van der Waals surface area contributed by atoms with E-state index in [1.54, 1.807) is 0 Å². The molecule has 0 aliphatic heterocycles. The number of nitrogens with two attached hydrogens (primary N) is 1. The van der Waals surface area contributed by atoms with Crippen molar-refractivity contribution >= 4 is 18.3 Å². The molecule has 1 aliphatic carbocycles. The molecule has 3 atom stereocenters. The molecule has 194 valence electrons. The largest absolute Gasteiger partial charge is 0.491 e. The molecular weight excluding hydrogens is 464 g/mol. The van der Waals surface area contributed by atoms with Gasteiger partial charge in [-0.05, 0) is 73.4 Å². The van der Waals surface area contributed by atoms with Crippen molar-refractivity contribution in [3.8, 4) is 11.5 Å². The molecule has 0 saturated heterocycles. The van der Waals surface area contributed by atoms with Gasteiger partial charge in [-0.2, -0.15) is 0 Å². The Labute approximate surface area is 216 Å². The van der Waals surface area contributed by atoms with E-state index in [2.05, 4.69) is 18.3 Å². The number of ether oxygens (including phenoxy) is 2. The number of rotatable bonds is 13. The highest BCUT2D eigenvalue weighted by atomic mass is 35.5. The summed E-state index contributed by atoms with van der Waals surface area (Å²) in [6.45, 7) is 3.11. The number of unbranched alkanes of at least 4 members (excludes halogenated alkanes) is 3. The van der Waals surface area contributed by atoms with Crippen LogP contribution in [0.2, 0.25) is 0 Å². The van der Waals surface area contributed by atoms with E-state index in [1.165, 1.54) is 18.4 Å². The van der Waals surface area contributed by atoms with Gasteiger partial charge >= 0.3 is 0 Å². The summed E-state index contributed by atoms with van der Waals surface area (Å²) in [5.74, 6) is 1.46. The van der Waals surface area contributed by atoms with Crippen molar-refractivity contribution in [3.63, 3.8) is 0 Å². The summed E-state index contributed by atoms with van der Waals surface area (Å²) in [5, 5.41) is 13.5. The molecule has 1 amide bonds. The minimum Gasteiger partial charge on any atom is -0.491 e. The van der Waals surface area contributed by atoms with Crippen molar-refractivity contribution < 1.29 is 19.4 Å². The number of halogens is 1. The normalized spacial score (nSPS) is 17.9. The van der Waals surface area contributed by atoms with Crippen molar-refractivity contribution in [2.45, 2.75) is 70.4 Å². The van der Waals surface area contributed by atoms with Crippen LogP contribution >= 0.6 is 12.4 Å². The number of aliphatic hydroxyl groups is 1. The molecule has 0 radical (unpaired) electrons. The Morgan fingerprint density at radius 2 is 1.91 bits per heavy atom. The first kappa shape index (κ1) is 29.0. The number of nitrogens with one attached hydrogen (secondary N) is 1. The molecule has 0 aromatic heterocycles. The second kappa shape index (κ2) is 15.7. The maximum absolute atomic E-state index is 12.1. The first-order chi connectivity index (χ1) is 16.6. The van der Waals surface area contributed by atoms with Crippen LogP contribution in [0.1, 0.15) is 69.0 Å². The number of para-hydroxylation sites is 1. The van der Waals surface area contributed by atoms with Crippen LogP contribution in [0.5, 0.6) is 11.5 Å². The van der Waals surface area contributed by atoms with E-state index in [1.807, 2.05) is 42.5 Å². The minimum atomic E-state index is -0.585. The van der Waals surface area contributed by atoms with Crippen LogP contribution in [-0.4, -0.2) is 36.9 Å². The van der Waals surface area contributed by atoms with E-state index in [9.17, 15) is 9.90 Å². The van der Waals surface area contributed by atoms with Crippen LogP contribution in [0.3, 0.4) is 0 Å². The van der Waals surface area contributed by atoms with Crippen LogP contribution in [0.25, 0.3) is 0 Å². The molecule has 1 aliphatic rings. The third-order valence-corrected chi connectivity index (χ3v) is 6.49. The van der Waals surface area contributed by atoms with Gasteiger partial charge < -0.3 is 25.6 Å². The predicted octanol–water partition coefficient (Wildman–Crippen LogP) is 4.97. The van der Waals surface area contributed by atoms with Gasteiger partial charge in [0.15, 0.2) is 6.61 Å². The van der Waals surface area contributed by atoms with E-state index in [0.29, 0.717) is 18.7 Å². The van der Waals surface area contributed by atoms with Gasteiger partial charge in [0.25, 0.3) is 5.91 Å². The number of hydrogen-bond acceptors (Lipinski definition) is 5. The molecular formula is C28H41ClN2O4. The average Bonchev–Trinajstić information content (AvgIpc) is 3.00. The predicted molar refractivity (Wildman–Crippen MR) is 142 cm³/mol. The lowest BCUT2D eigenvalue weighted by Gasteiger charge is -2.25. The SMILES string of the molecule is CCCCCCNC(=O)COc1ccc2c(c1)C(N)C(C[C@H](O)COc1ccccc1)CCC2.Cl. The first-order valence-corrected chi connectivity index (χ1v) is 12.7. The molecule has 6 nitrogen and oxygen atoms in total. The van der Waals surface area contributed by atoms with Crippen molar-refractivity contribution in [2.75, 3.05) is 19.8 Å². The van der Waals surface area contributed by atoms with Crippen molar-refractivity contribution in [1.29, 1.82) is 0 Å². The summed E-state index contributed by atoms with van der Waals surface area (Å²) >= 11 is 0. The van der Waals surface area contributed by atoms with Gasteiger partial charge in [-0.1, -0.05) is 50.5 Å². The lowest BCUT2D eigenvalue weighted by molar-refractivity contribution is -0.123. The quantitative estimate of drug-likeness (QED) is 0.264. The smallest absolute Gasteiger partial charge is 0.257 e. The highest BCUT2D eigenvalue weighted by molar-refractivity contribution is 5.85. The number of carbonyl (C=O) groups is 1. The number of benzene rings is 2. The Morgan fingerprint density at radius 3 is 2.69 bits per heavy atom. The highest BCUT2D eigenvalue weighted by Crippen LogP contribution is 2.36.